The maximum absolute atomic E-state index is 12.5. The molecule has 2 aliphatic rings. The Morgan fingerprint density at radius 3 is 2.33 bits per heavy atom. The lowest BCUT2D eigenvalue weighted by Gasteiger charge is -2.54. The lowest BCUT2D eigenvalue weighted by atomic mass is 9.72. The molecule has 2 rings (SSSR count). The Kier molecular flexibility index (Phi) is 3.39. The van der Waals surface area contributed by atoms with Gasteiger partial charge in [-0.3, -0.25) is 9.59 Å². The normalized spacial score (nSPS) is 22.9. The van der Waals surface area contributed by atoms with E-state index in [-0.39, 0.29) is 29.2 Å². The van der Waals surface area contributed by atoms with E-state index in [4.69, 9.17) is 0 Å². The molecule has 2 fully saturated rings. The molecule has 4 nitrogen and oxygen atoms in total. The summed E-state index contributed by atoms with van der Waals surface area (Å²) in [6.07, 6.45) is 2.00. The van der Waals surface area contributed by atoms with Gasteiger partial charge < -0.3 is 9.80 Å². The van der Waals surface area contributed by atoms with Gasteiger partial charge in [-0.05, 0) is 26.7 Å². The van der Waals surface area contributed by atoms with Gasteiger partial charge in [-0.25, -0.2) is 0 Å². The number of rotatable bonds is 2. The van der Waals surface area contributed by atoms with E-state index < -0.39 is 0 Å². The first-order valence-corrected chi connectivity index (χ1v) is 6.97. The fourth-order valence-corrected chi connectivity index (χ4v) is 3.09. The molecule has 0 aromatic rings. The van der Waals surface area contributed by atoms with Gasteiger partial charge in [-0.2, -0.15) is 0 Å². The highest BCUT2D eigenvalue weighted by Gasteiger charge is 2.54. The van der Waals surface area contributed by atoms with E-state index in [2.05, 4.69) is 13.8 Å². The zero-order valence-corrected chi connectivity index (χ0v) is 11.9. The summed E-state index contributed by atoms with van der Waals surface area (Å²) in [6.45, 7) is 10.1. The van der Waals surface area contributed by atoms with Crippen LogP contribution in [0.25, 0.3) is 0 Å². The molecule has 0 bridgehead atoms. The highest BCUT2D eigenvalue weighted by molar-refractivity contribution is 5.89. The molecule has 0 saturated carbocycles. The van der Waals surface area contributed by atoms with Crippen LogP contribution in [0.5, 0.6) is 0 Å². The number of nitrogens with zero attached hydrogens (tertiary/aromatic N) is 2. The summed E-state index contributed by atoms with van der Waals surface area (Å²) >= 11 is 0. The maximum atomic E-state index is 12.5. The number of likely N-dealkylation sites (tertiary alicyclic amines) is 2. The number of carbonyl (C=O) groups is 2. The summed E-state index contributed by atoms with van der Waals surface area (Å²) in [4.78, 5) is 28.2. The molecule has 2 amide bonds. The first kappa shape index (κ1) is 13.4. The van der Waals surface area contributed by atoms with Crippen LogP contribution < -0.4 is 0 Å². The van der Waals surface area contributed by atoms with Crippen LogP contribution in [0.1, 0.15) is 40.5 Å². The molecule has 2 heterocycles. The molecule has 102 valence electrons. The van der Waals surface area contributed by atoms with Crippen molar-refractivity contribution in [1.29, 1.82) is 0 Å². The zero-order chi connectivity index (χ0) is 13.5. The first-order chi connectivity index (χ1) is 8.37. The molecular weight excluding hydrogens is 228 g/mol. The highest BCUT2D eigenvalue weighted by Crippen LogP contribution is 2.41. The fraction of sp³-hybridized carbons (Fsp3) is 0.857. The third-order valence-electron chi connectivity index (χ3n) is 4.18. The van der Waals surface area contributed by atoms with Crippen molar-refractivity contribution in [3.8, 4) is 0 Å². The molecule has 2 saturated heterocycles. The lowest BCUT2D eigenvalue weighted by Crippen LogP contribution is -2.68. The SMILES string of the molecule is CC(C)C(=O)N1CC2(CCCN(C(C)C)C2=O)C1. The molecule has 0 atom stereocenters. The second-order valence-corrected chi connectivity index (χ2v) is 6.33. The predicted molar refractivity (Wildman–Crippen MR) is 69.9 cm³/mol. The topological polar surface area (TPSA) is 40.6 Å². The van der Waals surface area contributed by atoms with E-state index in [1.165, 1.54) is 0 Å². The van der Waals surface area contributed by atoms with E-state index in [1.807, 2.05) is 23.6 Å². The number of hydrogen-bond donors (Lipinski definition) is 0. The van der Waals surface area contributed by atoms with Crippen molar-refractivity contribution in [3.63, 3.8) is 0 Å². The summed E-state index contributed by atoms with van der Waals surface area (Å²) in [5.74, 6) is 0.467. The molecule has 0 unspecified atom stereocenters. The third kappa shape index (κ3) is 2.02. The van der Waals surface area contributed by atoms with E-state index >= 15 is 0 Å². The summed E-state index contributed by atoms with van der Waals surface area (Å²) in [6, 6.07) is 0.268. The van der Waals surface area contributed by atoms with Crippen LogP contribution in [0.3, 0.4) is 0 Å². The first-order valence-electron chi connectivity index (χ1n) is 6.97. The van der Waals surface area contributed by atoms with E-state index in [1.54, 1.807) is 0 Å². The van der Waals surface area contributed by atoms with E-state index in [0.29, 0.717) is 13.1 Å². The molecular formula is C14H24N2O2. The number of carbonyl (C=O) groups excluding carboxylic acids is 2. The molecule has 2 aliphatic heterocycles. The minimum Gasteiger partial charge on any atom is -0.340 e. The van der Waals surface area contributed by atoms with Gasteiger partial charge in [0.2, 0.25) is 11.8 Å². The van der Waals surface area contributed by atoms with Gasteiger partial charge in [0.25, 0.3) is 0 Å². The molecule has 0 aromatic carbocycles. The summed E-state index contributed by atoms with van der Waals surface area (Å²) in [5.41, 5.74) is -0.257. The molecule has 0 aliphatic carbocycles. The van der Waals surface area contributed by atoms with Crippen LogP contribution in [0.15, 0.2) is 0 Å². The van der Waals surface area contributed by atoms with Gasteiger partial charge >= 0.3 is 0 Å². The molecule has 4 heteroatoms. The van der Waals surface area contributed by atoms with Crippen LogP contribution in [-0.2, 0) is 9.59 Å². The Balaban J connectivity index is 2.03. The average Bonchev–Trinajstić information content (AvgIpc) is 2.25. The Labute approximate surface area is 109 Å². The van der Waals surface area contributed by atoms with Gasteiger partial charge in [0, 0.05) is 31.6 Å². The standard InChI is InChI=1S/C14H24N2O2/c1-10(2)12(17)15-8-14(9-15)6-5-7-16(11(3)4)13(14)18/h10-11H,5-9H2,1-4H3. The van der Waals surface area contributed by atoms with Gasteiger partial charge in [0.15, 0.2) is 0 Å². The predicted octanol–water partition coefficient (Wildman–Crippen LogP) is 1.50. The number of piperidine rings is 1. The monoisotopic (exact) mass is 252 g/mol. The smallest absolute Gasteiger partial charge is 0.232 e. The Morgan fingerprint density at radius 2 is 1.83 bits per heavy atom. The van der Waals surface area contributed by atoms with Gasteiger partial charge in [-0.1, -0.05) is 13.8 Å². The molecule has 18 heavy (non-hydrogen) atoms. The van der Waals surface area contributed by atoms with Crippen LogP contribution in [0.2, 0.25) is 0 Å². The fourth-order valence-electron chi connectivity index (χ4n) is 3.09. The molecule has 0 N–H and O–H groups in total. The second kappa shape index (κ2) is 4.56. The lowest BCUT2D eigenvalue weighted by molar-refractivity contribution is -0.168. The van der Waals surface area contributed by atoms with Crippen molar-refractivity contribution in [2.75, 3.05) is 19.6 Å². The summed E-state index contributed by atoms with van der Waals surface area (Å²) in [7, 11) is 0. The van der Waals surface area contributed by atoms with Crippen LogP contribution in [0, 0.1) is 11.3 Å². The average molecular weight is 252 g/mol. The molecule has 1 spiro atoms. The van der Waals surface area contributed by atoms with Gasteiger partial charge in [0.1, 0.15) is 0 Å². The molecule has 0 aromatic heterocycles. The van der Waals surface area contributed by atoms with Crippen molar-refractivity contribution >= 4 is 11.8 Å². The second-order valence-electron chi connectivity index (χ2n) is 6.33. The minimum atomic E-state index is -0.257. The number of hydrogen-bond acceptors (Lipinski definition) is 2. The van der Waals surface area contributed by atoms with Crippen molar-refractivity contribution < 1.29 is 9.59 Å². The Bertz CT molecular complexity index is 357. The Hall–Kier alpha value is -1.06. The van der Waals surface area contributed by atoms with Crippen LogP contribution in [-0.4, -0.2) is 47.3 Å². The van der Waals surface area contributed by atoms with Crippen LogP contribution >= 0.6 is 0 Å². The van der Waals surface area contributed by atoms with E-state index in [9.17, 15) is 9.59 Å². The summed E-state index contributed by atoms with van der Waals surface area (Å²) in [5, 5.41) is 0. The van der Waals surface area contributed by atoms with E-state index in [0.717, 1.165) is 19.4 Å². The van der Waals surface area contributed by atoms with Gasteiger partial charge in [-0.15, -0.1) is 0 Å². The van der Waals surface area contributed by atoms with Gasteiger partial charge in [0.05, 0.1) is 5.41 Å². The Morgan fingerprint density at radius 1 is 1.22 bits per heavy atom. The maximum Gasteiger partial charge on any atom is 0.232 e. The number of amides is 2. The van der Waals surface area contributed by atoms with Crippen molar-refractivity contribution in [1.82, 2.24) is 9.80 Å². The van der Waals surface area contributed by atoms with Crippen molar-refractivity contribution in [3.05, 3.63) is 0 Å². The highest BCUT2D eigenvalue weighted by atomic mass is 16.2. The molecule has 0 radical (unpaired) electrons. The third-order valence-corrected chi connectivity index (χ3v) is 4.18. The van der Waals surface area contributed by atoms with Crippen molar-refractivity contribution in [2.24, 2.45) is 11.3 Å². The largest absolute Gasteiger partial charge is 0.340 e. The summed E-state index contributed by atoms with van der Waals surface area (Å²) < 4.78 is 0. The minimum absolute atomic E-state index is 0.0299. The van der Waals surface area contributed by atoms with Crippen LogP contribution in [0.4, 0.5) is 0 Å². The quantitative estimate of drug-likeness (QED) is 0.747. The zero-order valence-electron chi connectivity index (χ0n) is 11.9. The van der Waals surface area contributed by atoms with Crippen molar-refractivity contribution in [2.45, 2.75) is 46.6 Å².